The molecule has 0 aliphatic heterocycles. The third kappa shape index (κ3) is 1.64. The van der Waals surface area contributed by atoms with Crippen LogP contribution < -0.4 is 5.11 Å². The van der Waals surface area contributed by atoms with Crippen molar-refractivity contribution in [3.63, 3.8) is 0 Å². The predicted molar refractivity (Wildman–Crippen MR) is 56.9 cm³/mol. The highest BCUT2D eigenvalue weighted by atomic mass is 16.4. The number of hydrogen-bond donors (Lipinski definition) is 0. The van der Waals surface area contributed by atoms with Crippen molar-refractivity contribution >= 4 is 17.0 Å². The van der Waals surface area contributed by atoms with Gasteiger partial charge in [-0.25, -0.2) is 4.68 Å². The van der Waals surface area contributed by atoms with Gasteiger partial charge in [0.1, 0.15) is 5.52 Å². The van der Waals surface area contributed by atoms with Crippen molar-refractivity contribution in [2.24, 2.45) is 0 Å². The molecule has 0 atom stereocenters. The number of carbonyl (C=O) groups excluding carboxylic acids is 1. The largest absolute Gasteiger partial charge is 0.545 e. The lowest BCUT2D eigenvalue weighted by molar-refractivity contribution is -0.255. The molecule has 5 nitrogen and oxygen atoms in total. The molecule has 0 saturated heterocycles. The molecule has 0 bridgehead atoms. The number of benzene rings is 1. The van der Waals surface area contributed by atoms with Gasteiger partial charge in [-0.05, 0) is 38.5 Å². The van der Waals surface area contributed by atoms with Gasteiger partial charge in [0.05, 0.1) is 17.0 Å². The van der Waals surface area contributed by atoms with Crippen molar-refractivity contribution in [3.05, 3.63) is 23.8 Å². The van der Waals surface area contributed by atoms with Crippen LogP contribution in [0.1, 0.15) is 31.1 Å². The Labute approximate surface area is 92.7 Å². The van der Waals surface area contributed by atoms with E-state index >= 15 is 0 Å². The Morgan fingerprint density at radius 3 is 2.62 bits per heavy atom. The Morgan fingerprint density at radius 1 is 1.38 bits per heavy atom. The van der Waals surface area contributed by atoms with Gasteiger partial charge in [-0.1, -0.05) is 11.3 Å². The van der Waals surface area contributed by atoms with E-state index in [9.17, 15) is 9.90 Å². The quantitative estimate of drug-likeness (QED) is 0.700. The van der Waals surface area contributed by atoms with Crippen molar-refractivity contribution in [1.82, 2.24) is 15.0 Å². The van der Waals surface area contributed by atoms with Crippen LogP contribution in [-0.4, -0.2) is 21.0 Å². The average molecular weight is 218 g/mol. The number of fused-ring (bicyclic) bond motifs is 1. The molecule has 5 heteroatoms. The first-order chi connectivity index (χ1) is 7.39. The molecule has 0 saturated carbocycles. The molecule has 0 aliphatic carbocycles. The van der Waals surface area contributed by atoms with E-state index in [4.69, 9.17) is 0 Å². The summed E-state index contributed by atoms with van der Waals surface area (Å²) in [6.45, 7) is 6.02. The van der Waals surface area contributed by atoms with Crippen molar-refractivity contribution in [3.8, 4) is 0 Å². The maximum absolute atomic E-state index is 10.7. The van der Waals surface area contributed by atoms with Crippen molar-refractivity contribution in [2.45, 2.75) is 26.3 Å². The monoisotopic (exact) mass is 218 g/mol. The number of aromatic carboxylic acids is 1. The number of nitrogens with zero attached hydrogens (tertiary/aromatic N) is 3. The molecule has 0 N–H and O–H groups in total. The highest BCUT2D eigenvalue weighted by Crippen LogP contribution is 2.20. The van der Waals surface area contributed by atoms with E-state index in [0.29, 0.717) is 5.52 Å². The van der Waals surface area contributed by atoms with E-state index < -0.39 is 5.97 Å². The molecule has 0 fully saturated rings. The van der Waals surface area contributed by atoms with Gasteiger partial charge in [0.25, 0.3) is 0 Å². The number of aromatic nitrogens is 3. The second-order valence-electron chi connectivity index (χ2n) is 4.66. The third-order valence-electron chi connectivity index (χ3n) is 2.32. The zero-order valence-corrected chi connectivity index (χ0v) is 9.39. The summed E-state index contributed by atoms with van der Waals surface area (Å²) in [6, 6.07) is 4.68. The number of rotatable bonds is 1. The summed E-state index contributed by atoms with van der Waals surface area (Å²) in [4.78, 5) is 10.7. The Balaban J connectivity index is 2.64. The van der Waals surface area contributed by atoms with Crippen LogP contribution in [0.4, 0.5) is 0 Å². The van der Waals surface area contributed by atoms with Crippen LogP contribution in [0.25, 0.3) is 11.0 Å². The van der Waals surface area contributed by atoms with Crippen LogP contribution in [0.3, 0.4) is 0 Å². The fourth-order valence-electron chi connectivity index (χ4n) is 1.55. The summed E-state index contributed by atoms with van der Waals surface area (Å²) in [5.74, 6) is -1.20. The zero-order chi connectivity index (χ0) is 11.9. The normalized spacial score (nSPS) is 11.9. The van der Waals surface area contributed by atoms with Crippen molar-refractivity contribution < 1.29 is 9.90 Å². The second kappa shape index (κ2) is 3.30. The summed E-state index contributed by atoms with van der Waals surface area (Å²) in [6.07, 6.45) is 0. The molecule has 1 heterocycles. The van der Waals surface area contributed by atoms with Gasteiger partial charge in [0.2, 0.25) is 0 Å². The number of hydrogen-bond acceptors (Lipinski definition) is 4. The van der Waals surface area contributed by atoms with Crippen LogP contribution in [0.15, 0.2) is 18.2 Å². The topological polar surface area (TPSA) is 70.8 Å². The SMILES string of the molecule is CC(C)(C)n1nnc2cc(C(=O)[O-])ccc21. The van der Waals surface area contributed by atoms with E-state index in [1.807, 2.05) is 20.8 Å². The zero-order valence-electron chi connectivity index (χ0n) is 9.39. The average Bonchev–Trinajstić information content (AvgIpc) is 2.58. The third-order valence-corrected chi connectivity index (χ3v) is 2.32. The van der Waals surface area contributed by atoms with Gasteiger partial charge in [-0.3, -0.25) is 0 Å². The number of carbonyl (C=O) groups is 1. The van der Waals surface area contributed by atoms with Gasteiger partial charge in [-0.2, -0.15) is 0 Å². The van der Waals surface area contributed by atoms with Crippen LogP contribution in [-0.2, 0) is 5.54 Å². The second-order valence-corrected chi connectivity index (χ2v) is 4.66. The molecule has 2 rings (SSSR count). The van der Waals surface area contributed by atoms with Crippen molar-refractivity contribution in [2.75, 3.05) is 0 Å². The number of carboxylic acid groups (broad SMARTS) is 1. The van der Waals surface area contributed by atoms with Crippen LogP contribution in [0.2, 0.25) is 0 Å². The Bertz CT molecular complexity index is 552. The molecular weight excluding hydrogens is 206 g/mol. The minimum atomic E-state index is -1.20. The van der Waals surface area contributed by atoms with Crippen LogP contribution in [0, 0.1) is 0 Å². The summed E-state index contributed by atoms with van der Waals surface area (Å²) < 4.78 is 1.77. The van der Waals surface area contributed by atoms with Gasteiger partial charge in [0, 0.05) is 0 Å². The highest BCUT2D eigenvalue weighted by Gasteiger charge is 2.17. The first kappa shape index (κ1) is 10.6. The van der Waals surface area contributed by atoms with E-state index in [1.165, 1.54) is 12.1 Å². The van der Waals surface area contributed by atoms with E-state index in [0.717, 1.165) is 5.52 Å². The Hall–Kier alpha value is -1.91. The fraction of sp³-hybridized carbons (Fsp3) is 0.364. The molecule has 0 radical (unpaired) electrons. The minimum absolute atomic E-state index is 0.119. The first-order valence-electron chi connectivity index (χ1n) is 4.97. The first-order valence-corrected chi connectivity index (χ1v) is 4.97. The predicted octanol–water partition coefficient (Wildman–Crippen LogP) is 0.550. The van der Waals surface area contributed by atoms with Gasteiger partial charge < -0.3 is 9.90 Å². The summed E-state index contributed by atoms with van der Waals surface area (Å²) in [5, 5.41) is 18.7. The molecular formula is C11H12N3O2-. The van der Waals surface area contributed by atoms with E-state index in [-0.39, 0.29) is 11.1 Å². The highest BCUT2D eigenvalue weighted by molar-refractivity contribution is 5.90. The van der Waals surface area contributed by atoms with Crippen LogP contribution >= 0.6 is 0 Å². The number of carboxylic acids is 1. The molecule has 0 spiro atoms. The van der Waals surface area contributed by atoms with Gasteiger partial charge in [0.15, 0.2) is 0 Å². The van der Waals surface area contributed by atoms with Crippen LogP contribution in [0.5, 0.6) is 0 Å². The molecule has 1 aromatic carbocycles. The molecule has 1 aromatic heterocycles. The Morgan fingerprint density at radius 2 is 2.06 bits per heavy atom. The standard InChI is InChI=1S/C11H13N3O2/c1-11(2,3)14-9-5-4-7(10(15)16)6-8(9)12-13-14/h4-6H,1-3H3,(H,15,16)/p-1. The smallest absolute Gasteiger partial charge is 0.113 e. The Kier molecular flexibility index (Phi) is 2.18. The molecule has 2 aromatic rings. The lowest BCUT2D eigenvalue weighted by Gasteiger charge is -2.19. The fourth-order valence-corrected chi connectivity index (χ4v) is 1.55. The van der Waals surface area contributed by atoms with Gasteiger partial charge in [-0.15, -0.1) is 5.10 Å². The van der Waals surface area contributed by atoms with Gasteiger partial charge >= 0.3 is 0 Å². The maximum Gasteiger partial charge on any atom is 0.113 e. The van der Waals surface area contributed by atoms with E-state index in [2.05, 4.69) is 10.3 Å². The lowest BCUT2D eigenvalue weighted by Crippen LogP contribution is -2.23. The van der Waals surface area contributed by atoms with E-state index in [1.54, 1.807) is 10.7 Å². The van der Waals surface area contributed by atoms with Crippen molar-refractivity contribution in [1.29, 1.82) is 0 Å². The molecule has 16 heavy (non-hydrogen) atoms. The lowest BCUT2D eigenvalue weighted by atomic mass is 10.1. The molecule has 0 amide bonds. The molecule has 0 aliphatic rings. The molecule has 0 unspecified atom stereocenters. The maximum atomic E-state index is 10.7. The summed E-state index contributed by atoms with van der Waals surface area (Å²) >= 11 is 0. The summed E-state index contributed by atoms with van der Waals surface area (Å²) in [7, 11) is 0. The molecule has 84 valence electrons. The minimum Gasteiger partial charge on any atom is -0.545 e. The summed E-state index contributed by atoms with van der Waals surface area (Å²) in [5.41, 5.74) is 1.32.